The maximum Gasteiger partial charge on any atom is 0.294 e. The Bertz CT molecular complexity index is 2270. The molecule has 0 aliphatic heterocycles. The van der Waals surface area contributed by atoms with Gasteiger partial charge < -0.3 is 20.4 Å². The Morgan fingerprint density at radius 1 is 1.13 bits per heavy atom. The molecule has 9 nitrogen and oxygen atoms in total. The number of methoxy groups -OCH3 is 1. The zero-order valence-electron chi connectivity index (χ0n) is 25.4. The molecule has 0 aliphatic rings. The van der Waals surface area contributed by atoms with E-state index in [2.05, 4.69) is 10.3 Å². The first kappa shape index (κ1) is 31.0. The number of nitrogen functional groups attached to an aromatic ring is 1. The van der Waals surface area contributed by atoms with E-state index in [1.165, 1.54) is 6.07 Å². The molecule has 46 heavy (non-hydrogen) atoms. The van der Waals surface area contributed by atoms with Crippen LogP contribution in [0, 0.1) is 6.92 Å². The molecule has 0 saturated carbocycles. The van der Waals surface area contributed by atoms with Gasteiger partial charge in [0.15, 0.2) is 0 Å². The van der Waals surface area contributed by atoms with Crippen LogP contribution in [0.5, 0.6) is 5.75 Å². The van der Waals surface area contributed by atoms with E-state index < -0.39 is 10.1 Å². The molecule has 234 valence electrons. The average molecular weight is 653 g/mol. The topological polar surface area (TPSA) is 137 Å². The zero-order valence-corrected chi connectivity index (χ0v) is 27.1. The number of nitrogens with zero attached hydrogens (tertiary/aromatic N) is 2. The van der Waals surface area contributed by atoms with Crippen molar-refractivity contribution in [3.05, 3.63) is 107 Å². The average Bonchev–Trinajstić information content (AvgIpc) is 3.63. The number of rotatable bonds is 9. The Kier molecular flexibility index (Phi) is 8.39. The van der Waals surface area contributed by atoms with Crippen molar-refractivity contribution < 1.29 is 22.5 Å². The molecular formula is C35H32N4O5S2. The summed E-state index contributed by atoms with van der Waals surface area (Å²) in [6.45, 7) is 1.88. The number of pyridine rings is 1. The standard InChI is InChI=1S/C35H32N4O5S2/c1-21-12-15-31(46(41,42)43)24(16-21)9-4-5-10-25-19-37-34(36)32-26(20-45-33(25)32)22-13-14-27(30(18-22)44-3)38-35(40)29-17-23-8-6-7-11-28(23)39(29)2/h5-8,10-20H,4,9H2,1-3H3,(H2,36,37)(H,38,40)(H,41,42,43). The van der Waals surface area contributed by atoms with Crippen LogP contribution in [0.4, 0.5) is 11.5 Å². The highest BCUT2D eigenvalue weighted by molar-refractivity contribution is 7.85. The number of carbonyl (C=O) groups is 1. The minimum atomic E-state index is -4.31. The molecule has 0 fully saturated rings. The third-order valence-corrected chi connectivity index (χ3v) is 9.95. The molecule has 0 spiro atoms. The fraction of sp³-hybridized carbons (Fsp3) is 0.143. The number of ether oxygens (including phenoxy) is 1. The normalized spacial score (nSPS) is 11.9. The number of para-hydroxylation sites is 1. The first-order chi connectivity index (χ1) is 22.0. The minimum Gasteiger partial charge on any atom is -0.495 e. The van der Waals surface area contributed by atoms with Gasteiger partial charge in [0.1, 0.15) is 17.3 Å². The highest BCUT2D eigenvalue weighted by Gasteiger charge is 2.19. The number of fused-ring (bicyclic) bond motifs is 2. The van der Waals surface area contributed by atoms with Gasteiger partial charge in [0.05, 0.1) is 17.7 Å². The van der Waals surface area contributed by atoms with Crippen molar-refractivity contribution in [2.45, 2.75) is 24.7 Å². The second kappa shape index (κ2) is 12.4. The molecule has 6 rings (SSSR count). The van der Waals surface area contributed by atoms with Crippen LogP contribution >= 0.6 is 11.3 Å². The van der Waals surface area contributed by atoms with Crippen LogP contribution in [0.3, 0.4) is 0 Å². The molecule has 0 aliphatic carbocycles. The first-order valence-corrected chi connectivity index (χ1v) is 16.8. The molecule has 0 atom stereocenters. The summed E-state index contributed by atoms with van der Waals surface area (Å²) in [6, 6.07) is 20.2. The fourth-order valence-corrected chi connectivity index (χ4v) is 7.49. The molecule has 3 heterocycles. The number of carbonyl (C=O) groups excluding carboxylic acids is 1. The number of nitrogens with two attached hydrogens (primary N) is 1. The van der Waals surface area contributed by atoms with E-state index in [1.807, 2.05) is 84.6 Å². The number of benzene rings is 3. The van der Waals surface area contributed by atoms with Crippen LogP contribution < -0.4 is 15.8 Å². The number of hydrogen-bond donors (Lipinski definition) is 3. The van der Waals surface area contributed by atoms with E-state index >= 15 is 0 Å². The van der Waals surface area contributed by atoms with Gasteiger partial charge in [0, 0.05) is 45.4 Å². The SMILES string of the molecule is COc1cc(-c2csc3c(C=CCCc4cc(C)ccc4S(=O)(=O)O)cnc(N)c23)ccc1NC(=O)c1cc2ccccc2n1C. The van der Waals surface area contributed by atoms with Gasteiger partial charge >= 0.3 is 0 Å². The smallest absolute Gasteiger partial charge is 0.294 e. The highest BCUT2D eigenvalue weighted by Crippen LogP contribution is 2.41. The van der Waals surface area contributed by atoms with Crippen molar-refractivity contribution in [1.29, 1.82) is 0 Å². The predicted octanol–water partition coefficient (Wildman–Crippen LogP) is 7.50. The molecule has 0 radical (unpaired) electrons. The summed E-state index contributed by atoms with van der Waals surface area (Å²) in [6.07, 6.45) is 6.62. The molecule has 3 aromatic heterocycles. The maximum atomic E-state index is 13.3. The van der Waals surface area contributed by atoms with Crippen molar-refractivity contribution in [2.75, 3.05) is 18.2 Å². The van der Waals surface area contributed by atoms with Crippen molar-refractivity contribution in [3.8, 4) is 16.9 Å². The number of amides is 1. The van der Waals surface area contributed by atoms with Gasteiger partial charge in [-0.25, -0.2) is 4.98 Å². The van der Waals surface area contributed by atoms with Crippen molar-refractivity contribution in [1.82, 2.24) is 9.55 Å². The summed E-state index contributed by atoms with van der Waals surface area (Å²) in [7, 11) is -0.880. The van der Waals surface area contributed by atoms with Crippen molar-refractivity contribution >= 4 is 65.9 Å². The summed E-state index contributed by atoms with van der Waals surface area (Å²) in [5.41, 5.74) is 12.5. The van der Waals surface area contributed by atoms with Gasteiger partial charge in [-0.2, -0.15) is 8.42 Å². The lowest BCUT2D eigenvalue weighted by atomic mass is 10.0. The van der Waals surface area contributed by atoms with Crippen molar-refractivity contribution in [3.63, 3.8) is 0 Å². The van der Waals surface area contributed by atoms with E-state index in [1.54, 1.807) is 36.8 Å². The van der Waals surface area contributed by atoms with Crippen LogP contribution in [-0.2, 0) is 23.6 Å². The lowest BCUT2D eigenvalue weighted by molar-refractivity contribution is 0.101. The fourth-order valence-electron chi connectivity index (χ4n) is 5.68. The van der Waals surface area contributed by atoms with Gasteiger partial charge in [0.2, 0.25) is 0 Å². The Labute approximate surface area is 270 Å². The molecule has 1 amide bonds. The number of anilines is 2. The van der Waals surface area contributed by atoms with E-state index in [0.29, 0.717) is 41.4 Å². The highest BCUT2D eigenvalue weighted by atomic mass is 32.2. The Morgan fingerprint density at radius 3 is 2.70 bits per heavy atom. The Balaban J connectivity index is 1.25. The molecule has 4 N–H and O–H groups in total. The monoisotopic (exact) mass is 652 g/mol. The first-order valence-electron chi connectivity index (χ1n) is 14.5. The summed E-state index contributed by atoms with van der Waals surface area (Å²) < 4.78 is 41.8. The molecule has 11 heteroatoms. The van der Waals surface area contributed by atoms with E-state index in [4.69, 9.17) is 10.5 Å². The number of hydrogen-bond acceptors (Lipinski definition) is 7. The largest absolute Gasteiger partial charge is 0.495 e. The van der Waals surface area contributed by atoms with Crippen molar-refractivity contribution in [2.24, 2.45) is 7.05 Å². The number of aryl methyl sites for hydroxylation is 3. The van der Waals surface area contributed by atoms with Crippen LogP contribution in [0.15, 0.2) is 89.3 Å². The van der Waals surface area contributed by atoms with Gasteiger partial charge in [0.25, 0.3) is 16.0 Å². The number of allylic oxidation sites excluding steroid dienone is 1. The molecule has 0 unspecified atom stereocenters. The van der Waals surface area contributed by atoms with Gasteiger partial charge in [-0.15, -0.1) is 11.3 Å². The van der Waals surface area contributed by atoms with E-state index in [9.17, 15) is 17.8 Å². The predicted molar refractivity (Wildman–Crippen MR) is 185 cm³/mol. The lowest BCUT2D eigenvalue weighted by Gasteiger charge is -2.13. The van der Waals surface area contributed by atoms with Crippen LogP contribution in [-0.4, -0.2) is 35.5 Å². The van der Waals surface area contributed by atoms with Gasteiger partial charge in [-0.1, -0.05) is 54.1 Å². The quantitative estimate of drug-likeness (QED) is 0.138. The second-order valence-electron chi connectivity index (χ2n) is 11.0. The number of thiophene rings is 1. The molecule has 3 aromatic carbocycles. The number of aromatic nitrogens is 2. The summed E-state index contributed by atoms with van der Waals surface area (Å²) in [5.74, 6) is 0.659. The lowest BCUT2D eigenvalue weighted by Crippen LogP contribution is -2.16. The molecular weight excluding hydrogens is 621 g/mol. The van der Waals surface area contributed by atoms with Crippen LogP contribution in [0.25, 0.3) is 38.2 Å². The second-order valence-corrected chi connectivity index (χ2v) is 13.3. The minimum absolute atomic E-state index is 0.0690. The number of nitrogens with one attached hydrogen (secondary N) is 1. The van der Waals surface area contributed by atoms with Crippen LogP contribution in [0.1, 0.15) is 33.6 Å². The molecule has 0 bridgehead atoms. The molecule has 6 aromatic rings. The summed E-state index contributed by atoms with van der Waals surface area (Å²) in [4.78, 5) is 17.6. The Hall–Kier alpha value is -4.97. The summed E-state index contributed by atoms with van der Waals surface area (Å²) in [5, 5.41) is 6.81. The van der Waals surface area contributed by atoms with Gasteiger partial charge in [-0.3, -0.25) is 9.35 Å². The maximum absolute atomic E-state index is 13.3. The summed E-state index contributed by atoms with van der Waals surface area (Å²) >= 11 is 1.54. The van der Waals surface area contributed by atoms with E-state index in [0.717, 1.165) is 43.2 Å². The Morgan fingerprint density at radius 2 is 1.93 bits per heavy atom. The van der Waals surface area contributed by atoms with E-state index in [-0.39, 0.29) is 10.8 Å². The molecule has 0 saturated heterocycles. The third-order valence-electron chi connectivity index (χ3n) is 7.97. The zero-order chi connectivity index (χ0) is 32.6. The van der Waals surface area contributed by atoms with Gasteiger partial charge in [-0.05, 0) is 66.6 Å². The van der Waals surface area contributed by atoms with Crippen LogP contribution in [0.2, 0.25) is 0 Å². The third kappa shape index (κ3) is 6.00.